The van der Waals surface area contributed by atoms with E-state index in [9.17, 15) is 4.79 Å². The Kier molecular flexibility index (Phi) is 1.26. The molecule has 1 radical (unpaired) electrons. The van der Waals surface area contributed by atoms with Crippen molar-refractivity contribution >= 4 is 12.1 Å². The Morgan fingerprint density at radius 1 is 2.00 bits per heavy atom. The average molecular weight is 112 g/mol. The van der Waals surface area contributed by atoms with E-state index in [0.717, 1.165) is 0 Å². The van der Waals surface area contributed by atoms with Crippen LogP contribution in [0.2, 0.25) is 0 Å². The number of nitrogens with zero attached hydrogens (tertiary/aromatic N) is 1. The molecule has 0 aromatic heterocycles. The van der Waals surface area contributed by atoms with Crippen molar-refractivity contribution in [3.63, 3.8) is 0 Å². The lowest BCUT2D eigenvalue weighted by atomic mass is 10.2. The molecule has 1 unspecified atom stereocenters. The van der Waals surface area contributed by atoms with Crippen LogP contribution in [0.15, 0.2) is 5.10 Å². The van der Waals surface area contributed by atoms with Gasteiger partial charge in [0.2, 0.25) is 0 Å². The fraction of sp³-hybridized carbons (Fsp3) is 0.500. The number of carbonyl (C=O) groups is 1. The number of nitrogens with two attached hydrogens (primary N) is 1. The van der Waals surface area contributed by atoms with E-state index >= 15 is 0 Å². The van der Waals surface area contributed by atoms with Gasteiger partial charge >= 0.3 is 0 Å². The van der Waals surface area contributed by atoms with Gasteiger partial charge in [0.25, 0.3) is 5.91 Å². The molecule has 43 valence electrons. The van der Waals surface area contributed by atoms with Gasteiger partial charge in [0.1, 0.15) is 0 Å². The molecule has 0 saturated heterocycles. The standard InChI is InChI=1S/C4H6N3O/c5-3-1-2-6-7-4(3)8/h3H,1,5H2,(H,7,8). The molecule has 8 heavy (non-hydrogen) atoms. The highest BCUT2D eigenvalue weighted by molar-refractivity contribution is 5.87. The average Bonchev–Trinajstić information content (AvgIpc) is 1.77. The molecule has 0 spiro atoms. The second-order valence-corrected chi connectivity index (χ2v) is 1.56. The minimum atomic E-state index is -0.451. The Morgan fingerprint density at radius 2 is 2.75 bits per heavy atom. The van der Waals surface area contributed by atoms with Crippen molar-refractivity contribution in [1.82, 2.24) is 5.43 Å². The number of hydrazone groups is 1. The number of carbonyl (C=O) groups excluding carboxylic acids is 1. The van der Waals surface area contributed by atoms with Crippen LogP contribution >= 0.6 is 0 Å². The van der Waals surface area contributed by atoms with Crippen molar-refractivity contribution in [3.05, 3.63) is 0 Å². The van der Waals surface area contributed by atoms with Crippen LogP contribution in [0.4, 0.5) is 0 Å². The maximum atomic E-state index is 10.4. The van der Waals surface area contributed by atoms with E-state index in [1.165, 1.54) is 0 Å². The first-order valence-corrected chi connectivity index (χ1v) is 2.29. The fourth-order valence-electron chi connectivity index (χ4n) is 0.414. The van der Waals surface area contributed by atoms with E-state index in [1.807, 2.05) is 0 Å². The number of rotatable bonds is 0. The largest absolute Gasteiger partial charge is 0.320 e. The van der Waals surface area contributed by atoms with Gasteiger partial charge in [-0.1, -0.05) is 0 Å². The molecule has 0 saturated carbocycles. The van der Waals surface area contributed by atoms with Gasteiger partial charge in [0, 0.05) is 6.42 Å². The molecule has 0 aromatic carbocycles. The van der Waals surface area contributed by atoms with Crippen LogP contribution in [0.1, 0.15) is 6.42 Å². The molecule has 4 nitrogen and oxygen atoms in total. The van der Waals surface area contributed by atoms with Crippen LogP contribution < -0.4 is 11.2 Å². The number of amides is 1. The predicted octanol–water partition coefficient (Wildman–Crippen LogP) is -1.30. The lowest BCUT2D eigenvalue weighted by Crippen LogP contribution is -2.41. The maximum absolute atomic E-state index is 10.4. The summed E-state index contributed by atoms with van der Waals surface area (Å²) in [4.78, 5) is 10.4. The molecule has 1 aliphatic rings. The molecule has 1 aliphatic heterocycles. The zero-order valence-corrected chi connectivity index (χ0v) is 4.22. The molecule has 3 N–H and O–H groups in total. The van der Waals surface area contributed by atoms with Crippen molar-refractivity contribution in [2.45, 2.75) is 12.5 Å². The Morgan fingerprint density at radius 3 is 3.12 bits per heavy atom. The van der Waals surface area contributed by atoms with Crippen LogP contribution in [-0.2, 0) is 4.79 Å². The molecular weight excluding hydrogens is 106 g/mol. The van der Waals surface area contributed by atoms with E-state index in [4.69, 9.17) is 5.73 Å². The molecule has 0 aliphatic carbocycles. The molecular formula is C4H6N3O. The summed E-state index contributed by atoms with van der Waals surface area (Å²) in [6.07, 6.45) is 2.96. The minimum absolute atomic E-state index is 0.233. The molecule has 0 aromatic rings. The van der Waals surface area contributed by atoms with Crippen LogP contribution in [-0.4, -0.2) is 18.2 Å². The van der Waals surface area contributed by atoms with Gasteiger partial charge in [-0.05, 0) is 0 Å². The lowest BCUT2D eigenvalue weighted by Gasteiger charge is -2.09. The van der Waals surface area contributed by atoms with Crippen molar-refractivity contribution in [2.24, 2.45) is 10.8 Å². The molecule has 0 fully saturated rings. The fourth-order valence-corrected chi connectivity index (χ4v) is 0.414. The Bertz CT molecular complexity index is 131. The van der Waals surface area contributed by atoms with E-state index in [1.54, 1.807) is 0 Å². The summed E-state index contributed by atoms with van der Waals surface area (Å²) < 4.78 is 0. The predicted molar refractivity (Wildman–Crippen MR) is 28.2 cm³/mol. The Labute approximate surface area is 46.7 Å². The van der Waals surface area contributed by atoms with Crippen molar-refractivity contribution in [2.75, 3.05) is 0 Å². The van der Waals surface area contributed by atoms with Gasteiger partial charge < -0.3 is 5.73 Å². The highest BCUT2D eigenvalue weighted by atomic mass is 16.2. The van der Waals surface area contributed by atoms with Crippen molar-refractivity contribution in [1.29, 1.82) is 0 Å². The molecule has 0 bridgehead atoms. The van der Waals surface area contributed by atoms with Gasteiger partial charge in [0.15, 0.2) is 0 Å². The van der Waals surface area contributed by atoms with Gasteiger partial charge in [-0.2, -0.15) is 5.10 Å². The van der Waals surface area contributed by atoms with Gasteiger partial charge in [0.05, 0.1) is 12.3 Å². The van der Waals surface area contributed by atoms with Crippen LogP contribution in [0.3, 0.4) is 0 Å². The summed E-state index contributed by atoms with van der Waals surface area (Å²) >= 11 is 0. The Hall–Kier alpha value is -0.900. The number of hydrogen-bond acceptors (Lipinski definition) is 3. The second-order valence-electron chi connectivity index (χ2n) is 1.56. The first kappa shape index (κ1) is 5.24. The number of hydrogen-bond donors (Lipinski definition) is 2. The van der Waals surface area contributed by atoms with Gasteiger partial charge in [-0.3, -0.25) is 4.79 Å². The van der Waals surface area contributed by atoms with E-state index in [0.29, 0.717) is 6.42 Å². The SMILES string of the molecule is NC1C[C]=NNC1=O. The first-order chi connectivity index (χ1) is 3.80. The summed E-state index contributed by atoms with van der Waals surface area (Å²) in [5, 5.41) is 3.38. The molecule has 1 rings (SSSR count). The zero-order valence-electron chi connectivity index (χ0n) is 4.22. The minimum Gasteiger partial charge on any atom is -0.320 e. The molecule has 4 heteroatoms. The lowest BCUT2D eigenvalue weighted by molar-refractivity contribution is -0.122. The summed E-state index contributed by atoms with van der Waals surface area (Å²) in [7, 11) is 0. The summed E-state index contributed by atoms with van der Waals surface area (Å²) in [6, 6.07) is -0.451. The van der Waals surface area contributed by atoms with Crippen molar-refractivity contribution in [3.8, 4) is 0 Å². The molecule has 1 heterocycles. The second kappa shape index (κ2) is 1.92. The zero-order chi connectivity index (χ0) is 5.98. The highest BCUT2D eigenvalue weighted by Crippen LogP contribution is 1.88. The van der Waals surface area contributed by atoms with Crippen molar-refractivity contribution < 1.29 is 4.79 Å². The van der Waals surface area contributed by atoms with E-state index < -0.39 is 6.04 Å². The van der Waals surface area contributed by atoms with Gasteiger partial charge in [-0.15, -0.1) is 0 Å². The third kappa shape index (κ3) is 0.840. The first-order valence-electron chi connectivity index (χ1n) is 2.29. The topological polar surface area (TPSA) is 67.5 Å². The third-order valence-corrected chi connectivity index (χ3v) is 0.893. The van der Waals surface area contributed by atoms with Crippen LogP contribution in [0, 0.1) is 0 Å². The van der Waals surface area contributed by atoms with E-state index in [-0.39, 0.29) is 5.91 Å². The van der Waals surface area contributed by atoms with Crippen LogP contribution in [0.25, 0.3) is 0 Å². The smallest absolute Gasteiger partial charge is 0.257 e. The van der Waals surface area contributed by atoms with Crippen LogP contribution in [0.5, 0.6) is 0 Å². The monoisotopic (exact) mass is 112 g/mol. The Balaban J connectivity index is 2.57. The quantitative estimate of drug-likeness (QED) is 0.409. The van der Waals surface area contributed by atoms with Gasteiger partial charge in [-0.25, -0.2) is 5.43 Å². The molecule has 1 atom stereocenters. The summed E-state index contributed by atoms with van der Waals surface area (Å²) in [5.41, 5.74) is 7.43. The maximum Gasteiger partial charge on any atom is 0.257 e. The third-order valence-electron chi connectivity index (χ3n) is 0.893. The molecule has 1 amide bonds. The summed E-state index contributed by atoms with van der Waals surface area (Å²) in [6.45, 7) is 0. The normalized spacial score (nSPS) is 27.6. The summed E-state index contributed by atoms with van der Waals surface area (Å²) in [5.74, 6) is -0.233. The number of nitrogens with one attached hydrogen (secondary N) is 1. The van der Waals surface area contributed by atoms with E-state index in [2.05, 4.69) is 16.7 Å². The highest BCUT2D eigenvalue weighted by Gasteiger charge is 2.13.